The number of nitrogen functional groups attached to an aromatic ring is 1. The second kappa shape index (κ2) is 5.82. The fraction of sp³-hybridized carbons (Fsp3) is 0.286. The van der Waals surface area contributed by atoms with Crippen molar-refractivity contribution in [1.82, 2.24) is 4.31 Å². The minimum absolute atomic E-state index is 0.140. The van der Waals surface area contributed by atoms with Gasteiger partial charge in [-0.3, -0.25) is 0 Å². The van der Waals surface area contributed by atoms with Crippen LogP contribution in [-0.4, -0.2) is 19.8 Å². The van der Waals surface area contributed by atoms with Gasteiger partial charge in [0.1, 0.15) is 10.7 Å². The van der Waals surface area contributed by atoms with Crippen LogP contribution in [0.5, 0.6) is 0 Å². The predicted molar refractivity (Wildman–Crippen MR) is 85.4 cm³/mol. The van der Waals surface area contributed by atoms with E-state index in [2.05, 4.69) is 15.9 Å². The van der Waals surface area contributed by atoms with Crippen molar-refractivity contribution in [3.8, 4) is 0 Å². The molecule has 0 aliphatic carbocycles. The van der Waals surface area contributed by atoms with Gasteiger partial charge in [-0.15, -0.1) is 0 Å². The molecule has 0 spiro atoms. The maximum atomic E-state index is 12.7. The van der Waals surface area contributed by atoms with Crippen molar-refractivity contribution in [3.63, 3.8) is 0 Å². The summed E-state index contributed by atoms with van der Waals surface area (Å²) in [6, 6.07) is 6.88. The third-order valence-corrected chi connectivity index (χ3v) is 5.82. The summed E-state index contributed by atoms with van der Waals surface area (Å²) in [6.07, 6.45) is 0. The molecule has 0 bridgehead atoms. The SMILES string of the molecule is Cc1ccc(N)c(S(=O)(=O)N(C)Cc2ccc(Br)o2)c1C. The molecular weight excluding hydrogens is 356 g/mol. The molecule has 0 saturated heterocycles. The summed E-state index contributed by atoms with van der Waals surface area (Å²) in [4.78, 5) is 0.163. The largest absolute Gasteiger partial charge is 0.453 e. The molecule has 0 radical (unpaired) electrons. The summed E-state index contributed by atoms with van der Waals surface area (Å²) >= 11 is 3.20. The summed E-state index contributed by atoms with van der Waals surface area (Å²) < 4.78 is 32.6. The number of hydrogen-bond acceptors (Lipinski definition) is 4. The van der Waals surface area contributed by atoms with Crippen molar-refractivity contribution in [2.24, 2.45) is 0 Å². The molecular formula is C14H17BrN2O3S. The number of sulfonamides is 1. The standard InChI is InChI=1S/C14H17BrN2O3S/c1-9-4-6-12(16)14(10(9)2)21(18,19)17(3)8-11-5-7-13(15)20-11/h4-7H,8,16H2,1-3H3. The van der Waals surface area contributed by atoms with Crippen LogP contribution in [0.25, 0.3) is 0 Å². The van der Waals surface area contributed by atoms with E-state index >= 15 is 0 Å². The minimum Gasteiger partial charge on any atom is -0.453 e. The number of rotatable bonds is 4. The van der Waals surface area contributed by atoms with Gasteiger partial charge in [0.2, 0.25) is 10.0 Å². The van der Waals surface area contributed by atoms with Crippen molar-refractivity contribution in [2.45, 2.75) is 25.3 Å². The van der Waals surface area contributed by atoms with Gasteiger partial charge in [-0.1, -0.05) is 6.07 Å². The van der Waals surface area contributed by atoms with Gasteiger partial charge in [0.25, 0.3) is 0 Å². The number of hydrogen-bond donors (Lipinski definition) is 1. The molecule has 1 heterocycles. The number of benzene rings is 1. The summed E-state index contributed by atoms with van der Waals surface area (Å²) in [5.41, 5.74) is 7.69. The molecule has 2 aromatic rings. The zero-order chi connectivity index (χ0) is 15.8. The molecule has 2 N–H and O–H groups in total. The molecule has 0 aliphatic heterocycles. The number of nitrogens with two attached hydrogens (primary N) is 1. The van der Waals surface area contributed by atoms with Crippen molar-refractivity contribution >= 4 is 31.6 Å². The first-order chi connectivity index (χ1) is 9.73. The molecule has 1 aromatic heterocycles. The van der Waals surface area contributed by atoms with Crippen LogP contribution in [-0.2, 0) is 16.6 Å². The van der Waals surface area contributed by atoms with Crippen LogP contribution in [0.4, 0.5) is 5.69 Å². The Bertz CT molecular complexity index is 769. The van der Waals surface area contributed by atoms with Gasteiger partial charge >= 0.3 is 0 Å². The molecule has 114 valence electrons. The average molecular weight is 373 g/mol. The molecule has 1 aromatic carbocycles. The van der Waals surface area contributed by atoms with Crippen LogP contribution in [0.1, 0.15) is 16.9 Å². The molecule has 0 saturated carbocycles. The van der Waals surface area contributed by atoms with E-state index in [1.165, 1.54) is 11.4 Å². The Morgan fingerprint density at radius 3 is 2.48 bits per heavy atom. The molecule has 0 aliphatic rings. The van der Waals surface area contributed by atoms with E-state index in [0.717, 1.165) is 5.56 Å². The van der Waals surface area contributed by atoms with E-state index in [1.54, 1.807) is 25.1 Å². The van der Waals surface area contributed by atoms with Gasteiger partial charge in [0.15, 0.2) is 4.67 Å². The summed E-state index contributed by atoms with van der Waals surface area (Å²) in [6.45, 7) is 3.76. The Labute approximate surface area is 132 Å². The fourth-order valence-corrected chi connectivity index (χ4v) is 3.91. The smallest absolute Gasteiger partial charge is 0.245 e. The Hall–Kier alpha value is -1.31. The Kier molecular flexibility index (Phi) is 4.46. The van der Waals surface area contributed by atoms with E-state index in [-0.39, 0.29) is 17.1 Å². The van der Waals surface area contributed by atoms with Gasteiger partial charge in [0, 0.05) is 7.05 Å². The topological polar surface area (TPSA) is 76.5 Å². The highest BCUT2D eigenvalue weighted by atomic mass is 79.9. The van der Waals surface area contributed by atoms with Gasteiger partial charge in [0.05, 0.1) is 12.2 Å². The highest BCUT2D eigenvalue weighted by molar-refractivity contribution is 9.10. The van der Waals surface area contributed by atoms with E-state index in [9.17, 15) is 8.42 Å². The highest BCUT2D eigenvalue weighted by Gasteiger charge is 2.26. The fourth-order valence-electron chi connectivity index (χ4n) is 2.05. The minimum atomic E-state index is -3.68. The number of nitrogens with zero attached hydrogens (tertiary/aromatic N) is 1. The first-order valence-electron chi connectivity index (χ1n) is 6.29. The van der Waals surface area contributed by atoms with Crippen LogP contribution in [0, 0.1) is 13.8 Å². The molecule has 0 amide bonds. The van der Waals surface area contributed by atoms with Crippen molar-refractivity contribution < 1.29 is 12.8 Å². The number of aryl methyl sites for hydroxylation is 1. The first kappa shape index (κ1) is 16.1. The average Bonchev–Trinajstić information content (AvgIpc) is 2.79. The quantitative estimate of drug-likeness (QED) is 0.836. The lowest BCUT2D eigenvalue weighted by molar-refractivity contribution is 0.398. The summed E-state index contributed by atoms with van der Waals surface area (Å²) in [7, 11) is -2.17. The second-order valence-electron chi connectivity index (χ2n) is 4.89. The van der Waals surface area contributed by atoms with Crippen LogP contribution >= 0.6 is 15.9 Å². The zero-order valence-electron chi connectivity index (χ0n) is 12.1. The lowest BCUT2D eigenvalue weighted by Crippen LogP contribution is -2.28. The summed E-state index contributed by atoms with van der Waals surface area (Å²) in [5.74, 6) is 0.553. The van der Waals surface area contributed by atoms with E-state index in [1.807, 2.05) is 13.0 Å². The van der Waals surface area contributed by atoms with Gasteiger partial charge in [-0.2, -0.15) is 4.31 Å². The number of halogens is 1. The van der Waals surface area contributed by atoms with Crippen molar-refractivity contribution in [2.75, 3.05) is 12.8 Å². The normalized spacial score (nSPS) is 12.0. The monoisotopic (exact) mass is 372 g/mol. The van der Waals surface area contributed by atoms with Crippen molar-refractivity contribution in [3.05, 3.63) is 45.8 Å². The molecule has 0 unspecified atom stereocenters. The molecule has 0 atom stereocenters. The van der Waals surface area contributed by atoms with Crippen LogP contribution < -0.4 is 5.73 Å². The first-order valence-corrected chi connectivity index (χ1v) is 8.53. The zero-order valence-corrected chi connectivity index (χ0v) is 14.5. The molecule has 7 heteroatoms. The van der Waals surface area contributed by atoms with E-state index in [0.29, 0.717) is 16.0 Å². The third kappa shape index (κ3) is 3.14. The molecule has 21 heavy (non-hydrogen) atoms. The highest BCUT2D eigenvalue weighted by Crippen LogP contribution is 2.28. The number of anilines is 1. The van der Waals surface area contributed by atoms with E-state index in [4.69, 9.17) is 10.2 Å². The van der Waals surface area contributed by atoms with Gasteiger partial charge in [-0.05, 0) is 59.1 Å². The Morgan fingerprint density at radius 1 is 1.24 bits per heavy atom. The molecule has 5 nitrogen and oxygen atoms in total. The predicted octanol–water partition coefficient (Wildman–Crippen LogP) is 3.06. The van der Waals surface area contributed by atoms with Crippen molar-refractivity contribution in [1.29, 1.82) is 0 Å². The Morgan fingerprint density at radius 2 is 1.90 bits per heavy atom. The summed E-state index contributed by atoms with van der Waals surface area (Å²) in [5, 5.41) is 0. The van der Waals surface area contributed by atoms with Gasteiger partial charge < -0.3 is 10.2 Å². The third-order valence-electron chi connectivity index (χ3n) is 3.38. The maximum Gasteiger partial charge on any atom is 0.245 e. The lowest BCUT2D eigenvalue weighted by atomic mass is 10.1. The molecule has 2 rings (SSSR count). The lowest BCUT2D eigenvalue weighted by Gasteiger charge is -2.19. The van der Waals surface area contributed by atoms with Crippen LogP contribution in [0.3, 0.4) is 0 Å². The van der Waals surface area contributed by atoms with Crippen LogP contribution in [0.2, 0.25) is 0 Å². The second-order valence-corrected chi connectivity index (χ2v) is 7.66. The Balaban J connectivity index is 2.40. The van der Waals surface area contributed by atoms with Gasteiger partial charge in [-0.25, -0.2) is 8.42 Å². The van der Waals surface area contributed by atoms with Crippen LogP contribution in [0.15, 0.2) is 38.2 Å². The van der Waals surface area contributed by atoms with E-state index < -0.39 is 10.0 Å². The molecule has 0 fully saturated rings. The maximum absolute atomic E-state index is 12.7. The number of furan rings is 1.